The van der Waals surface area contributed by atoms with E-state index < -0.39 is 6.10 Å². The molecule has 4 nitrogen and oxygen atoms in total. The number of hydrogen-bond acceptors (Lipinski definition) is 2. The summed E-state index contributed by atoms with van der Waals surface area (Å²) in [5, 5.41) is 10.5. The minimum atomic E-state index is -0.417. The molecule has 0 spiro atoms. The summed E-state index contributed by atoms with van der Waals surface area (Å²) in [5.41, 5.74) is 3.90. The highest BCUT2D eigenvalue weighted by atomic mass is 16.5. The van der Waals surface area contributed by atoms with E-state index in [4.69, 9.17) is 4.74 Å². The Balaban J connectivity index is 1.28. The molecule has 3 aromatic rings. The molecule has 3 N–H and O–H groups in total. The molecule has 0 unspecified atom stereocenters. The molecule has 0 amide bonds. The first-order valence-corrected chi connectivity index (χ1v) is 11.4. The normalized spacial score (nSPS) is 19.9. The minimum Gasteiger partial charge on any atom is -0.385 e. The van der Waals surface area contributed by atoms with E-state index in [0.717, 1.165) is 38.3 Å². The Morgan fingerprint density at radius 2 is 1.23 bits per heavy atom. The Morgan fingerprint density at radius 1 is 0.710 bits per heavy atom. The van der Waals surface area contributed by atoms with Crippen LogP contribution in [0.3, 0.4) is 0 Å². The van der Waals surface area contributed by atoms with Crippen LogP contribution in [0.5, 0.6) is 0 Å². The van der Waals surface area contributed by atoms with Crippen molar-refractivity contribution < 1.29 is 19.6 Å². The van der Waals surface area contributed by atoms with Crippen molar-refractivity contribution in [3.8, 4) is 0 Å². The minimum absolute atomic E-state index is 0.364. The average molecular weight is 419 g/mol. The summed E-state index contributed by atoms with van der Waals surface area (Å²) in [4.78, 5) is 3.08. The maximum atomic E-state index is 10.5. The highest BCUT2D eigenvalue weighted by Crippen LogP contribution is 2.18. The molecule has 0 saturated carbocycles. The van der Waals surface area contributed by atoms with Gasteiger partial charge in [-0.3, -0.25) is 0 Å². The van der Waals surface area contributed by atoms with Crippen LogP contribution in [0.2, 0.25) is 0 Å². The van der Waals surface area contributed by atoms with Crippen molar-refractivity contribution in [2.24, 2.45) is 0 Å². The lowest BCUT2D eigenvalue weighted by Crippen LogP contribution is -3.28. The monoisotopic (exact) mass is 418 g/mol. The lowest BCUT2D eigenvalue weighted by Gasteiger charge is -2.35. The maximum absolute atomic E-state index is 10.5. The van der Waals surface area contributed by atoms with Crippen molar-refractivity contribution in [2.75, 3.05) is 39.3 Å². The summed E-state index contributed by atoms with van der Waals surface area (Å²) >= 11 is 0. The third-order valence-electron chi connectivity index (χ3n) is 6.22. The van der Waals surface area contributed by atoms with E-state index in [1.165, 1.54) is 16.0 Å². The van der Waals surface area contributed by atoms with Crippen molar-refractivity contribution >= 4 is 0 Å². The predicted molar refractivity (Wildman–Crippen MR) is 123 cm³/mol. The molecule has 0 radical (unpaired) electrons. The van der Waals surface area contributed by atoms with Crippen LogP contribution in [0.1, 0.15) is 22.7 Å². The van der Waals surface area contributed by atoms with Crippen LogP contribution in [-0.4, -0.2) is 50.5 Å². The molecule has 162 valence electrons. The molecular formula is C27H34N2O2+2. The first-order valence-electron chi connectivity index (χ1n) is 11.4. The highest BCUT2D eigenvalue weighted by molar-refractivity contribution is 5.29. The molecule has 3 aromatic carbocycles. The molecule has 1 atom stereocenters. The zero-order chi connectivity index (χ0) is 21.3. The van der Waals surface area contributed by atoms with Crippen molar-refractivity contribution in [3.05, 3.63) is 108 Å². The smallest absolute Gasteiger partial charge is 0.139 e. The second-order valence-electron chi connectivity index (χ2n) is 8.52. The fourth-order valence-corrected chi connectivity index (χ4v) is 4.65. The SMILES string of the molecule is O[C@H](COCc1ccccc1)C[NH+]1CC[NH+](C(c2ccccc2)c2ccccc2)CC1. The zero-order valence-electron chi connectivity index (χ0n) is 18.1. The van der Waals surface area contributed by atoms with Crippen LogP contribution in [0.4, 0.5) is 0 Å². The number of nitrogens with one attached hydrogen (secondary N) is 2. The quantitative estimate of drug-likeness (QED) is 0.488. The van der Waals surface area contributed by atoms with E-state index in [0.29, 0.717) is 19.3 Å². The predicted octanol–water partition coefficient (Wildman–Crippen LogP) is 1.14. The Hall–Kier alpha value is -2.50. The number of piperazine rings is 1. The van der Waals surface area contributed by atoms with Gasteiger partial charge in [0.15, 0.2) is 0 Å². The van der Waals surface area contributed by atoms with Gasteiger partial charge in [-0.25, -0.2) is 0 Å². The van der Waals surface area contributed by atoms with Crippen molar-refractivity contribution in [1.29, 1.82) is 0 Å². The third kappa shape index (κ3) is 6.25. The van der Waals surface area contributed by atoms with Gasteiger partial charge >= 0.3 is 0 Å². The number of rotatable bonds is 9. The maximum Gasteiger partial charge on any atom is 0.139 e. The first kappa shape index (κ1) is 21.7. The number of ether oxygens (including phenoxy) is 1. The summed E-state index contributed by atoms with van der Waals surface area (Å²) < 4.78 is 5.73. The molecule has 1 aliphatic rings. The molecule has 1 fully saturated rings. The van der Waals surface area contributed by atoms with Gasteiger partial charge in [0.1, 0.15) is 44.9 Å². The Labute approximate surface area is 185 Å². The van der Waals surface area contributed by atoms with Gasteiger partial charge in [0, 0.05) is 11.1 Å². The summed E-state index contributed by atoms with van der Waals surface area (Å²) in [7, 11) is 0. The molecule has 4 rings (SSSR count). The van der Waals surface area contributed by atoms with Gasteiger partial charge in [0.05, 0.1) is 13.2 Å². The van der Waals surface area contributed by atoms with Crippen LogP contribution >= 0.6 is 0 Å². The van der Waals surface area contributed by atoms with Gasteiger partial charge in [0.25, 0.3) is 0 Å². The Kier molecular flexibility index (Phi) is 7.86. The Bertz CT molecular complexity index is 841. The average Bonchev–Trinajstić information content (AvgIpc) is 2.82. The van der Waals surface area contributed by atoms with Crippen molar-refractivity contribution in [1.82, 2.24) is 0 Å². The lowest BCUT2D eigenvalue weighted by molar-refractivity contribution is -1.02. The van der Waals surface area contributed by atoms with Crippen LogP contribution < -0.4 is 9.80 Å². The lowest BCUT2D eigenvalue weighted by atomic mass is 9.96. The number of aliphatic hydroxyl groups is 1. The summed E-state index contributed by atoms with van der Waals surface area (Å²) in [5.74, 6) is 0. The van der Waals surface area contributed by atoms with Gasteiger partial charge in [0.2, 0.25) is 0 Å². The Morgan fingerprint density at radius 3 is 1.77 bits per heavy atom. The molecule has 1 heterocycles. The summed E-state index contributed by atoms with van der Waals surface area (Å²) in [6.45, 7) is 6.04. The van der Waals surface area contributed by atoms with E-state index in [9.17, 15) is 5.11 Å². The van der Waals surface area contributed by atoms with Gasteiger partial charge in [-0.05, 0) is 5.56 Å². The molecule has 1 aliphatic heterocycles. The molecular weight excluding hydrogens is 384 g/mol. The van der Waals surface area contributed by atoms with E-state index in [2.05, 4.69) is 72.8 Å². The standard InChI is InChI=1S/C27H32N2O2/c30-26(22-31-21-23-10-4-1-5-11-23)20-28-16-18-29(19-17-28)27(24-12-6-2-7-13-24)25-14-8-3-9-15-25/h1-15,26-27,30H,16-22H2/p+2/t26-/m0/s1. The molecule has 4 heteroatoms. The van der Waals surface area contributed by atoms with Gasteiger partial charge in [-0.15, -0.1) is 0 Å². The topological polar surface area (TPSA) is 38.3 Å². The van der Waals surface area contributed by atoms with Gasteiger partial charge in [-0.2, -0.15) is 0 Å². The fourth-order valence-electron chi connectivity index (χ4n) is 4.65. The molecule has 0 aliphatic carbocycles. The van der Waals surface area contributed by atoms with E-state index >= 15 is 0 Å². The van der Waals surface area contributed by atoms with Crippen LogP contribution in [0.15, 0.2) is 91.0 Å². The number of hydrogen-bond donors (Lipinski definition) is 3. The first-order chi connectivity index (χ1) is 15.3. The van der Waals surface area contributed by atoms with Crippen LogP contribution in [-0.2, 0) is 11.3 Å². The molecule has 31 heavy (non-hydrogen) atoms. The fraction of sp³-hybridized carbons (Fsp3) is 0.333. The number of benzene rings is 3. The second-order valence-corrected chi connectivity index (χ2v) is 8.52. The zero-order valence-corrected chi connectivity index (χ0v) is 18.1. The van der Waals surface area contributed by atoms with Crippen molar-refractivity contribution in [3.63, 3.8) is 0 Å². The largest absolute Gasteiger partial charge is 0.385 e. The third-order valence-corrected chi connectivity index (χ3v) is 6.22. The van der Waals surface area contributed by atoms with E-state index in [-0.39, 0.29) is 0 Å². The van der Waals surface area contributed by atoms with Gasteiger partial charge < -0.3 is 19.6 Å². The second kappa shape index (κ2) is 11.2. The molecule has 1 saturated heterocycles. The van der Waals surface area contributed by atoms with Gasteiger partial charge in [-0.1, -0.05) is 91.0 Å². The summed E-state index contributed by atoms with van der Waals surface area (Å²) in [6.07, 6.45) is -0.417. The van der Waals surface area contributed by atoms with Crippen LogP contribution in [0.25, 0.3) is 0 Å². The number of quaternary nitrogens is 2. The van der Waals surface area contributed by atoms with Crippen molar-refractivity contribution in [2.45, 2.75) is 18.8 Å². The molecule has 0 aromatic heterocycles. The number of aliphatic hydroxyl groups excluding tert-OH is 1. The highest BCUT2D eigenvalue weighted by Gasteiger charge is 2.32. The van der Waals surface area contributed by atoms with E-state index in [1.54, 1.807) is 4.90 Å². The summed E-state index contributed by atoms with van der Waals surface area (Å²) in [6, 6.07) is 32.2. The molecule has 0 bridgehead atoms. The van der Waals surface area contributed by atoms with E-state index in [1.807, 2.05) is 18.2 Å². The van der Waals surface area contributed by atoms with Crippen LogP contribution in [0, 0.1) is 0 Å².